The monoisotopic (exact) mass is 500 g/mol. The molecule has 1 N–H and O–H groups in total. The molecule has 0 aromatic heterocycles. The number of rotatable bonds is 10. The number of methoxy groups -OCH3 is 1. The summed E-state index contributed by atoms with van der Waals surface area (Å²) in [4.78, 5) is 29.9. The molecule has 1 heterocycles. The molecule has 0 saturated carbocycles. The molecule has 1 aliphatic rings. The minimum Gasteiger partial charge on any atom is -0.507 e. The van der Waals surface area contributed by atoms with Gasteiger partial charge in [-0.2, -0.15) is 0 Å². The molecule has 7 nitrogen and oxygen atoms in total. The molecule has 1 aliphatic heterocycles. The maximum absolute atomic E-state index is 13.2. The lowest BCUT2D eigenvalue weighted by Gasteiger charge is -2.26. The topological polar surface area (TPSA) is 79.3 Å². The predicted octanol–water partition coefficient (Wildman–Crippen LogP) is 4.65. The number of ketones is 1. The van der Waals surface area contributed by atoms with Gasteiger partial charge in [0.05, 0.1) is 18.7 Å². The summed E-state index contributed by atoms with van der Waals surface area (Å²) in [6, 6.07) is 23.3. The van der Waals surface area contributed by atoms with E-state index in [9.17, 15) is 14.7 Å². The first-order valence-corrected chi connectivity index (χ1v) is 12.2. The van der Waals surface area contributed by atoms with Gasteiger partial charge in [-0.1, -0.05) is 54.6 Å². The number of Topliss-reactive ketones (excluding diaryl/α,β-unsaturated/α-hetero) is 1. The van der Waals surface area contributed by atoms with Gasteiger partial charge in [-0.3, -0.25) is 9.59 Å². The highest BCUT2D eigenvalue weighted by Gasteiger charge is 2.45. The van der Waals surface area contributed by atoms with Gasteiger partial charge in [-0.05, 0) is 62.5 Å². The number of hydrogen-bond donors (Lipinski definition) is 1. The van der Waals surface area contributed by atoms with Crippen LogP contribution in [0.3, 0.4) is 0 Å². The SMILES string of the molecule is COc1cccc(C(O)=C2C(=O)C(=O)N(CCCN(C)C)C2c2ccc(OCc3ccccc3)cc2)c1. The van der Waals surface area contributed by atoms with E-state index in [1.165, 1.54) is 7.11 Å². The van der Waals surface area contributed by atoms with Crippen molar-refractivity contribution in [3.8, 4) is 11.5 Å². The number of carbonyl (C=O) groups excluding carboxylic acids is 2. The minimum absolute atomic E-state index is 0.0704. The average molecular weight is 501 g/mol. The van der Waals surface area contributed by atoms with Gasteiger partial charge in [0.2, 0.25) is 0 Å². The van der Waals surface area contributed by atoms with E-state index in [1.54, 1.807) is 29.2 Å². The first-order chi connectivity index (χ1) is 17.9. The Morgan fingerprint density at radius 2 is 1.68 bits per heavy atom. The van der Waals surface area contributed by atoms with Crippen LogP contribution in [0.1, 0.15) is 29.2 Å². The number of carbonyl (C=O) groups is 2. The van der Waals surface area contributed by atoms with E-state index in [-0.39, 0.29) is 11.3 Å². The van der Waals surface area contributed by atoms with Crippen molar-refractivity contribution in [3.05, 3.63) is 101 Å². The number of hydrogen-bond acceptors (Lipinski definition) is 6. The number of nitrogens with zero attached hydrogens (tertiary/aromatic N) is 2. The fourth-order valence-electron chi connectivity index (χ4n) is 4.43. The van der Waals surface area contributed by atoms with E-state index >= 15 is 0 Å². The number of benzene rings is 3. The van der Waals surface area contributed by atoms with Crippen LogP contribution < -0.4 is 9.47 Å². The van der Waals surface area contributed by atoms with E-state index in [0.717, 1.165) is 17.7 Å². The Labute approximate surface area is 217 Å². The largest absolute Gasteiger partial charge is 0.507 e. The van der Waals surface area contributed by atoms with E-state index in [1.807, 2.05) is 73.6 Å². The highest BCUT2D eigenvalue weighted by atomic mass is 16.5. The Bertz CT molecular complexity index is 1270. The molecular formula is C30H32N2O5. The lowest BCUT2D eigenvalue weighted by molar-refractivity contribution is -0.139. The number of likely N-dealkylation sites (tertiary alicyclic amines) is 1. The van der Waals surface area contributed by atoms with Gasteiger partial charge < -0.3 is 24.4 Å². The number of aliphatic hydroxyl groups is 1. The first-order valence-electron chi connectivity index (χ1n) is 12.2. The summed E-state index contributed by atoms with van der Waals surface area (Å²) in [6.07, 6.45) is 0.688. The molecular weight excluding hydrogens is 468 g/mol. The zero-order chi connectivity index (χ0) is 26.4. The minimum atomic E-state index is -0.712. The van der Waals surface area contributed by atoms with Gasteiger partial charge >= 0.3 is 0 Å². The van der Waals surface area contributed by atoms with Gasteiger partial charge in [-0.25, -0.2) is 0 Å². The fraction of sp³-hybridized carbons (Fsp3) is 0.267. The molecule has 1 atom stereocenters. The van der Waals surface area contributed by atoms with Crippen LogP contribution in [-0.2, 0) is 16.2 Å². The fourth-order valence-corrected chi connectivity index (χ4v) is 4.43. The summed E-state index contributed by atoms with van der Waals surface area (Å²) in [5.41, 5.74) is 2.26. The molecule has 0 radical (unpaired) electrons. The second-order valence-corrected chi connectivity index (χ2v) is 9.22. The van der Waals surface area contributed by atoms with Crippen molar-refractivity contribution >= 4 is 17.4 Å². The van der Waals surface area contributed by atoms with Crippen molar-refractivity contribution < 1.29 is 24.2 Å². The number of aliphatic hydroxyl groups excluding tert-OH is 1. The van der Waals surface area contributed by atoms with E-state index in [4.69, 9.17) is 9.47 Å². The third-order valence-electron chi connectivity index (χ3n) is 6.33. The number of ether oxygens (including phenoxy) is 2. The van der Waals surface area contributed by atoms with Gasteiger partial charge in [0.1, 0.15) is 23.9 Å². The van der Waals surface area contributed by atoms with Crippen molar-refractivity contribution in [1.82, 2.24) is 9.80 Å². The lowest BCUT2D eigenvalue weighted by atomic mass is 9.95. The average Bonchev–Trinajstić information content (AvgIpc) is 3.17. The third kappa shape index (κ3) is 6.01. The maximum Gasteiger partial charge on any atom is 0.295 e. The molecule has 3 aromatic carbocycles. The normalized spacial score (nSPS) is 16.9. The molecule has 1 saturated heterocycles. The summed E-state index contributed by atoms with van der Waals surface area (Å²) in [5, 5.41) is 11.2. The van der Waals surface area contributed by atoms with Gasteiger partial charge in [0.15, 0.2) is 0 Å². The predicted molar refractivity (Wildman–Crippen MR) is 142 cm³/mol. The van der Waals surface area contributed by atoms with Crippen molar-refractivity contribution in [2.75, 3.05) is 34.3 Å². The Kier molecular flexibility index (Phi) is 8.25. The third-order valence-corrected chi connectivity index (χ3v) is 6.33. The summed E-state index contributed by atoms with van der Waals surface area (Å²) in [7, 11) is 5.45. The second kappa shape index (κ2) is 11.8. The zero-order valence-electron chi connectivity index (χ0n) is 21.4. The molecule has 3 aromatic rings. The summed E-state index contributed by atoms with van der Waals surface area (Å²) in [6.45, 7) is 1.57. The highest BCUT2D eigenvalue weighted by molar-refractivity contribution is 6.46. The first kappa shape index (κ1) is 26.0. The Hall–Kier alpha value is -4.10. The Morgan fingerprint density at radius 3 is 2.35 bits per heavy atom. The quantitative estimate of drug-likeness (QED) is 0.248. The van der Waals surface area contributed by atoms with Crippen LogP contribution in [0, 0.1) is 0 Å². The number of amides is 1. The lowest BCUT2D eigenvalue weighted by Crippen LogP contribution is -2.32. The second-order valence-electron chi connectivity index (χ2n) is 9.22. The van der Waals surface area contributed by atoms with Gasteiger partial charge in [0, 0.05) is 12.1 Å². The molecule has 0 spiro atoms. The molecule has 1 amide bonds. The standard InChI is InChI=1S/C30H32N2O5/c1-31(2)17-8-18-32-27(22-13-15-24(16-14-22)37-20-21-9-5-4-6-10-21)26(29(34)30(32)35)28(33)23-11-7-12-25(19-23)36-3/h4-7,9-16,19,27,33H,8,17-18,20H2,1-3H3. The van der Waals surface area contributed by atoms with Gasteiger partial charge in [0.25, 0.3) is 11.7 Å². The smallest absolute Gasteiger partial charge is 0.295 e. The van der Waals surface area contributed by atoms with E-state index < -0.39 is 17.7 Å². The van der Waals surface area contributed by atoms with Crippen LogP contribution in [-0.4, -0.2) is 60.9 Å². The molecule has 0 bridgehead atoms. The maximum atomic E-state index is 13.2. The summed E-state index contributed by atoms with van der Waals surface area (Å²) >= 11 is 0. The molecule has 4 rings (SSSR count). The van der Waals surface area contributed by atoms with Crippen molar-refractivity contribution in [3.63, 3.8) is 0 Å². The highest BCUT2D eigenvalue weighted by Crippen LogP contribution is 2.40. The van der Waals surface area contributed by atoms with E-state index in [2.05, 4.69) is 0 Å². The molecule has 192 valence electrons. The van der Waals surface area contributed by atoms with E-state index in [0.29, 0.717) is 36.6 Å². The zero-order valence-corrected chi connectivity index (χ0v) is 21.4. The van der Waals surface area contributed by atoms with Crippen molar-refractivity contribution in [2.45, 2.75) is 19.1 Å². The van der Waals surface area contributed by atoms with Crippen LogP contribution in [0.25, 0.3) is 5.76 Å². The Morgan fingerprint density at radius 1 is 0.946 bits per heavy atom. The van der Waals surface area contributed by atoms with Crippen molar-refractivity contribution in [1.29, 1.82) is 0 Å². The van der Waals surface area contributed by atoms with Crippen molar-refractivity contribution in [2.24, 2.45) is 0 Å². The van der Waals surface area contributed by atoms with Gasteiger partial charge in [-0.15, -0.1) is 0 Å². The Balaban J connectivity index is 1.67. The summed E-state index contributed by atoms with van der Waals surface area (Å²) in [5.74, 6) is -0.315. The molecule has 37 heavy (non-hydrogen) atoms. The van der Waals surface area contributed by atoms with Crippen LogP contribution in [0.5, 0.6) is 11.5 Å². The molecule has 1 unspecified atom stereocenters. The molecule has 1 fully saturated rings. The molecule has 7 heteroatoms. The molecule has 0 aliphatic carbocycles. The van der Waals surface area contributed by atoms with Crippen LogP contribution in [0.2, 0.25) is 0 Å². The van der Waals surface area contributed by atoms with Crippen LogP contribution >= 0.6 is 0 Å². The van der Waals surface area contributed by atoms with Crippen LogP contribution in [0.4, 0.5) is 0 Å². The van der Waals surface area contributed by atoms with Crippen LogP contribution in [0.15, 0.2) is 84.4 Å². The summed E-state index contributed by atoms with van der Waals surface area (Å²) < 4.78 is 11.2.